The SMILES string of the molecule is CC(F)CCN1C(=O)c2c(Cl)c(Cl)c(Cl)c(Cl)c2C1=O. The normalized spacial score (nSPS) is 15.8. The van der Waals surface area contributed by atoms with Gasteiger partial charge in [-0.1, -0.05) is 46.4 Å². The topological polar surface area (TPSA) is 37.4 Å². The lowest BCUT2D eigenvalue weighted by molar-refractivity contribution is 0.0644. The Kier molecular flexibility index (Phi) is 4.50. The Labute approximate surface area is 134 Å². The predicted molar refractivity (Wildman–Crippen MR) is 77.0 cm³/mol. The first kappa shape index (κ1) is 15.8. The van der Waals surface area contributed by atoms with Crippen molar-refractivity contribution in [3.63, 3.8) is 0 Å². The Morgan fingerprint density at radius 2 is 1.35 bits per heavy atom. The first-order chi connectivity index (χ1) is 9.27. The van der Waals surface area contributed by atoms with Gasteiger partial charge < -0.3 is 0 Å². The summed E-state index contributed by atoms with van der Waals surface area (Å²) in [7, 11) is 0. The molecular weight excluding hydrogens is 351 g/mol. The largest absolute Gasteiger partial charge is 0.274 e. The fourth-order valence-electron chi connectivity index (χ4n) is 1.91. The highest BCUT2D eigenvalue weighted by Gasteiger charge is 2.41. The van der Waals surface area contributed by atoms with E-state index in [9.17, 15) is 14.0 Å². The van der Waals surface area contributed by atoms with Crippen LogP contribution in [0.1, 0.15) is 34.1 Å². The summed E-state index contributed by atoms with van der Waals surface area (Å²) in [5.41, 5.74) is -0.162. The molecule has 1 aliphatic rings. The van der Waals surface area contributed by atoms with Crippen molar-refractivity contribution in [1.82, 2.24) is 4.90 Å². The zero-order chi connectivity index (χ0) is 15.2. The van der Waals surface area contributed by atoms with Crippen molar-refractivity contribution >= 4 is 58.2 Å². The van der Waals surface area contributed by atoms with Crippen molar-refractivity contribution in [3.8, 4) is 0 Å². The Balaban J connectivity index is 2.52. The molecule has 1 unspecified atom stereocenters. The van der Waals surface area contributed by atoms with Crippen LogP contribution in [0.3, 0.4) is 0 Å². The third-order valence-corrected chi connectivity index (χ3v) is 4.74. The van der Waals surface area contributed by atoms with Crippen LogP contribution in [0.5, 0.6) is 0 Å². The number of imide groups is 1. The van der Waals surface area contributed by atoms with Gasteiger partial charge in [-0.25, -0.2) is 4.39 Å². The van der Waals surface area contributed by atoms with Gasteiger partial charge in [0.15, 0.2) is 0 Å². The quantitative estimate of drug-likeness (QED) is 0.448. The number of nitrogens with zero attached hydrogens (tertiary/aromatic N) is 1. The van der Waals surface area contributed by atoms with E-state index < -0.39 is 18.0 Å². The van der Waals surface area contributed by atoms with E-state index in [-0.39, 0.29) is 44.2 Å². The molecule has 1 atom stereocenters. The first-order valence-electron chi connectivity index (χ1n) is 5.63. The van der Waals surface area contributed by atoms with Gasteiger partial charge in [-0.05, 0) is 13.3 Å². The van der Waals surface area contributed by atoms with Crippen LogP contribution in [-0.4, -0.2) is 29.4 Å². The predicted octanol–water partition coefficient (Wildman–Crippen LogP) is 4.64. The summed E-state index contributed by atoms with van der Waals surface area (Å²) in [6.07, 6.45) is -1.11. The smallest absolute Gasteiger partial charge is 0.263 e. The highest BCUT2D eigenvalue weighted by Crippen LogP contribution is 2.44. The molecule has 3 nitrogen and oxygen atoms in total. The van der Waals surface area contributed by atoms with Crippen LogP contribution in [-0.2, 0) is 0 Å². The molecule has 0 saturated carbocycles. The minimum absolute atomic E-state index is 0.0299. The van der Waals surface area contributed by atoms with Crippen molar-refractivity contribution in [3.05, 3.63) is 31.2 Å². The zero-order valence-corrected chi connectivity index (χ0v) is 13.2. The zero-order valence-electron chi connectivity index (χ0n) is 10.1. The van der Waals surface area contributed by atoms with Crippen LogP contribution in [0.25, 0.3) is 0 Å². The third-order valence-electron chi connectivity index (χ3n) is 2.94. The molecule has 0 bridgehead atoms. The summed E-state index contributed by atoms with van der Waals surface area (Å²) in [5, 5.41) is -0.409. The summed E-state index contributed by atoms with van der Waals surface area (Å²) in [5.74, 6) is -1.28. The second-order valence-corrected chi connectivity index (χ2v) is 5.85. The molecule has 0 fully saturated rings. The Morgan fingerprint density at radius 1 is 0.950 bits per heavy atom. The summed E-state index contributed by atoms with van der Waals surface area (Å²) in [4.78, 5) is 25.3. The molecule has 0 N–H and O–H groups in total. The van der Waals surface area contributed by atoms with Crippen LogP contribution in [0.4, 0.5) is 4.39 Å². The molecule has 0 saturated heterocycles. The van der Waals surface area contributed by atoms with Gasteiger partial charge in [0, 0.05) is 6.54 Å². The van der Waals surface area contributed by atoms with Crippen molar-refractivity contribution in [1.29, 1.82) is 0 Å². The molecule has 0 aliphatic carbocycles. The maximum atomic E-state index is 12.9. The molecule has 20 heavy (non-hydrogen) atoms. The van der Waals surface area contributed by atoms with Crippen LogP contribution in [0.2, 0.25) is 20.1 Å². The molecule has 1 aromatic rings. The average Bonchev–Trinajstić information content (AvgIpc) is 2.63. The summed E-state index contributed by atoms with van der Waals surface area (Å²) in [6, 6.07) is 0. The molecule has 1 aliphatic heterocycles. The summed E-state index contributed by atoms with van der Waals surface area (Å²) < 4.78 is 12.9. The van der Waals surface area contributed by atoms with Crippen molar-refractivity contribution in [2.24, 2.45) is 0 Å². The summed E-state index contributed by atoms with van der Waals surface area (Å²) >= 11 is 23.6. The number of carbonyl (C=O) groups excluding carboxylic acids is 2. The number of halogens is 5. The second kappa shape index (κ2) is 5.68. The molecule has 0 spiro atoms. The van der Waals surface area contributed by atoms with Crippen LogP contribution in [0, 0.1) is 0 Å². The lowest BCUT2D eigenvalue weighted by Crippen LogP contribution is -2.31. The van der Waals surface area contributed by atoms with E-state index in [0.29, 0.717) is 0 Å². The number of hydrogen-bond donors (Lipinski definition) is 0. The van der Waals surface area contributed by atoms with Gasteiger partial charge in [-0.3, -0.25) is 14.5 Å². The fourth-order valence-corrected chi connectivity index (χ4v) is 2.92. The van der Waals surface area contributed by atoms with E-state index in [1.54, 1.807) is 0 Å². The van der Waals surface area contributed by atoms with E-state index in [2.05, 4.69) is 0 Å². The van der Waals surface area contributed by atoms with Gasteiger partial charge in [0.25, 0.3) is 11.8 Å². The molecule has 1 aromatic carbocycles. The van der Waals surface area contributed by atoms with Gasteiger partial charge in [0.05, 0.1) is 37.4 Å². The fraction of sp³-hybridized carbons (Fsp3) is 0.333. The Morgan fingerprint density at radius 3 is 1.70 bits per heavy atom. The molecule has 1 heterocycles. The number of fused-ring (bicyclic) bond motifs is 1. The molecule has 0 aromatic heterocycles. The highest BCUT2D eigenvalue weighted by molar-refractivity contribution is 6.55. The van der Waals surface area contributed by atoms with Crippen LogP contribution >= 0.6 is 46.4 Å². The van der Waals surface area contributed by atoms with E-state index >= 15 is 0 Å². The standard InChI is InChI=1S/C12H8Cl4FNO2/c1-4(17)2-3-18-11(19)5-6(12(18)20)8(14)10(16)9(15)7(5)13/h4H,2-3H2,1H3. The molecule has 108 valence electrons. The maximum Gasteiger partial charge on any atom is 0.263 e. The van der Waals surface area contributed by atoms with Crippen LogP contribution < -0.4 is 0 Å². The van der Waals surface area contributed by atoms with Crippen molar-refractivity contribution in [2.45, 2.75) is 19.5 Å². The second-order valence-electron chi connectivity index (χ2n) is 4.34. The lowest BCUT2D eigenvalue weighted by Gasteiger charge is -2.13. The Hall–Kier alpha value is -0.550. The van der Waals surface area contributed by atoms with Gasteiger partial charge in [0.2, 0.25) is 0 Å². The van der Waals surface area contributed by atoms with E-state index in [0.717, 1.165) is 4.90 Å². The molecular formula is C12H8Cl4FNO2. The minimum atomic E-state index is -1.14. The maximum absolute atomic E-state index is 12.9. The summed E-state index contributed by atoms with van der Waals surface area (Å²) in [6.45, 7) is 1.28. The van der Waals surface area contributed by atoms with Gasteiger partial charge in [-0.15, -0.1) is 0 Å². The van der Waals surface area contributed by atoms with Crippen LogP contribution in [0.15, 0.2) is 0 Å². The molecule has 2 amide bonds. The molecule has 8 heteroatoms. The van der Waals surface area contributed by atoms with E-state index in [1.165, 1.54) is 6.92 Å². The monoisotopic (exact) mass is 357 g/mol. The van der Waals surface area contributed by atoms with Crippen molar-refractivity contribution < 1.29 is 14.0 Å². The molecule has 0 radical (unpaired) electrons. The van der Waals surface area contributed by atoms with Gasteiger partial charge in [-0.2, -0.15) is 0 Å². The Bertz CT molecular complexity index is 571. The number of benzene rings is 1. The average molecular weight is 359 g/mol. The number of rotatable bonds is 3. The lowest BCUT2D eigenvalue weighted by atomic mass is 10.1. The van der Waals surface area contributed by atoms with Gasteiger partial charge >= 0.3 is 0 Å². The molecule has 2 rings (SSSR count). The van der Waals surface area contributed by atoms with Crippen molar-refractivity contribution in [2.75, 3.05) is 6.54 Å². The number of alkyl halides is 1. The van der Waals surface area contributed by atoms with E-state index in [1.807, 2.05) is 0 Å². The highest BCUT2D eigenvalue weighted by atomic mass is 35.5. The van der Waals surface area contributed by atoms with Gasteiger partial charge in [0.1, 0.15) is 0 Å². The first-order valence-corrected chi connectivity index (χ1v) is 7.14. The number of amides is 2. The number of hydrogen-bond acceptors (Lipinski definition) is 2. The number of carbonyl (C=O) groups is 2. The van der Waals surface area contributed by atoms with E-state index in [4.69, 9.17) is 46.4 Å². The minimum Gasteiger partial charge on any atom is -0.274 e. The third kappa shape index (κ3) is 2.39.